The van der Waals surface area contributed by atoms with Gasteiger partial charge >= 0.3 is 11.9 Å². The second-order valence-corrected chi connectivity index (χ2v) is 14.6. The fraction of sp³-hybridized carbons (Fsp3) is 0.943. The number of hydrogen-bond acceptors (Lipinski definition) is 8. The van der Waals surface area contributed by atoms with Crippen LogP contribution in [0.3, 0.4) is 0 Å². The maximum absolute atomic E-state index is 12.5. The molecule has 0 aromatic carbocycles. The number of carbonyl (C=O) groups excluding carboxylic acids is 2. The molecule has 0 aliphatic heterocycles. The molecule has 0 bridgehead atoms. The molecule has 0 radical (unpaired) electrons. The van der Waals surface area contributed by atoms with Gasteiger partial charge < -0.3 is 29.1 Å². The molecule has 0 rings (SSSR count). The van der Waals surface area contributed by atoms with Gasteiger partial charge in [-0.1, -0.05) is 143 Å². The number of phosphoric acid groups is 1. The van der Waals surface area contributed by atoms with Crippen LogP contribution < -0.4 is 10.6 Å². The van der Waals surface area contributed by atoms with Crippen molar-refractivity contribution in [1.29, 1.82) is 0 Å². The summed E-state index contributed by atoms with van der Waals surface area (Å²) in [5, 5.41) is 0. The van der Waals surface area contributed by atoms with E-state index in [2.05, 4.69) is 33.4 Å². The van der Waals surface area contributed by atoms with Crippen molar-refractivity contribution in [2.45, 2.75) is 175 Å². The predicted octanol–water partition coefficient (Wildman–Crippen LogP) is 8.08. The first kappa shape index (κ1) is 44.0. The SMILES string of the molecule is CC[C@@H](C)CCCCCCCCCCC(=O)OC[C@H](COP(=O)([O-])OCC[NH3+])OC(=O)CCCCCCCCCCCC(C)C. The minimum atomic E-state index is -4.57. The molecule has 0 saturated carbocycles. The number of ether oxygens (including phenoxy) is 2. The maximum atomic E-state index is 12.5. The summed E-state index contributed by atoms with van der Waals surface area (Å²) in [6.07, 6.45) is 22.8. The van der Waals surface area contributed by atoms with E-state index < -0.39 is 26.5 Å². The van der Waals surface area contributed by atoms with E-state index in [0.29, 0.717) is 6.42 Å². The van der Waals surface area contributed by atoms with Crippen LogP contribution in [0.2, 0.25) is 0 Å². The van der Waals surface area contributed by atoms with Crippen molar-refractivity contribution in [1.82, 2.24) is 0 Å². The molecule has 0 saturated heterocycles. The lowest BCUT2D eigenvalue weighted by atomic mass is 9.99. The molecule has 10 heteroatoms. The Bertz CT molecular complexity index is 751. The van der Waals surface area contributed by atoms with Gasteiger partial charge in [0.1, 0.15) is 13.2 Å². The summed E-state index contributed by atoms with van der Waals surface area (Å²) in [4.78, 5) is 36.7. The number of hydrogen-bond donors (Lipinski definition) is 1. The number of rotatable bonds is 33. The van der Waals surface area contributed by atoms with Gasteiger partial charge in [0.05, 0.1) is 13.2 Å². The van der Waals surface area contributed by atoms with E-state index in [1.807, 2.05) is 0 Å². The summed E-state index contributed by atoms with van der Waals surface area (Å²) >= 11 is 0. The van der Waals surface area contributed by atoms with Crippen LogP contribution in [0.4, 0.5) is 0 Å². The predicted molar refractivity (Wildman–Crippen MR) is 179 cm³/mol. The first-order valence-corrected chi connectivity index (χ1v) is 19.8. The highest BCUT2D eigenvalue weighted by molar-refractivity contribution is 7.45. The van der Waals surface area contributed by atoms with Gasteiger partial charge in [0, 0.05) is 12.8 Å². The van der Waals surface area contributed by atoms with Crippen LogP contribution >= 0.6 is 7.82 Å². The van der Waals surface area contributed by atoms with Gasteiger partial charge in [0.2, 0.25) is 0 Å². The molecule has 0 fully saturated rings. The molecule has 0 heterocycles. The molecule has 0 amide bonds. The third-order valence-corrected chi connectivity index (χ3v) is 9.19. The average molecular weight is 664 g/mol. The fourth-order valence-electron chi connectivity index (χ4n) is 5.09. The van der Waals surface area contributed by atoms with Crippen LogP contribution in [0.5, 0.6) is 0 Å². The zero-order chi connectivity index (χ0) is 33.6. The summed E-state index contributed by atoms with van der Waals surface area (Å²) in [6, 6.07) is 0. The smallest absolute Gasteiger partial charge is 0.306 e. The fourth-order valence-corrected chi connectivity index (χ4v) is 5.87. The van der Waals surface area contributed by atoms with E-state index >= 15 is 0 Å². The minimum absolute atomic E-state index is 0.101. The highest BCUT2D eigenvalue weighted by Gasteiger charge is 2.21. The summed E-state index contributed by atoms with van der Waals surface area (Å²) in [5.74, 6) is 0.770. The Balaban J connectivity index is 4.25. The normalized spacial score (nSPS) is 14.3. The Morgan fingerprint density at radius 1 is 0.667 bits per heavy atom. The van der Waals surface area contributed by atoms with Crippen molar-refractivity contribution in [2.24, 2.45) is 11.8 Å². The number of unbranched alkanes of at least 4 members (excludes halogenated alkanes) is 15. The van der Waals surface area contributed by atoms with E-state index in [-0.39, 0.29) is 38.6 Å². The molecule has 0 aromatic heterocycles. The molecule has 9 nitrogen and oxygen atoms in total. The van der Waals surface area contributed by atoms with Crippen molar-refractivity contribution in [3.63, 3.8) is 0 Å². The zero-order valence-corrected chi connectivity index (χ0v) is 30.4. The molecule has 0 aromatic rings. The molecular formula is C35H70NO8P. The number of carbonyl (C=O) groups is 2. The number of esters is 2. The van der Waals surface area contributed by atoms with Crippen LogP contribution in [0.15, 0.2) is 0 Å². The van der Waals surface area contributed by atoms with E-state index in [9.17, 15) is 19.0 Å². The van der Waals surface area contributed by atoms with Crippen molar-refractivity contribution in [3.05, 3.63) is 0 Å². The van der Waals surface area contributed by atoms with Gasteiger partial charge in [0.15, 0.2) is 6.10 Å². The lowest BCUT2D eigenvalue weighted by Crippen LogP contribution is -2.52. The van der Waals surface area contributed by atoms with Gasteiger partial charge in [-0.05, 0) is 24.7 Å². The molecule has 3 N–H and O–H groups in total. The molecular weight excluding hydrogens is 593 g/mol. The quantitative estimate of drug-likeness (QED) is 0.0422. The van der Waals surface area contributed by atoms with Crippen LogP contribution in [-0.4, -0.2) is 44.4 Å². The maximum Gasteiger partial charge on any atom is 0.306 e. The highest BCUT2D eigenvalue weighted by Crippen LogP contribution is 2.38. The summed E-state index contributed by atoms with van der Waals surface area (Å²) < 4.78 is 32.3. The molecule has 45 heavy (non-hydrogen) atoms. The summed E-state index contributed by atoms with van der Waals surface area (Å²) in [5.41, 5.74) is 3.54. The number of phosphoric ester groups is 1. The van der Waals surface area contributed by atoms with Crippen molar-refractivity contribution >= 4 is 19.8 Å². The van der Waals surface area contributed by atoms with Gasteiger partial charge in [-0.3, -0.25) is 14.2 Å². The second kappa shape index (κ2) is 30.4. The molecule has 268 valence electrons. The van der Waals surface area contributed by atoms with Crippen molar-refractivity contribution in [3.8, 4) is 0 Å². The van der Waals surface area contributed by atoms with E-state index in [1.54, 1.807) is 0 Å². The van der Waals surface area contributed by atoms with Gasteiger partial charge in [-0.25, -0.2) is 0 Å². The van der Waals surface area contributed by atoms with Crippen LogP contribution in [-0.2, 0) is 32.7 Å². The first-order chi connectivity index (χ1) is 21.6. The molecule has 1 unspecified atom stereocenters. The van der Waals surface area contributed by atoms with E-state index in [4.69, 9.17) is 18.5 Å². The van der Waals surface area contributed by atoms with Crippen molar-refractivity contribution < 1.29 is 43.3 Å². The van der Waals surface area contributed by atoms with Gasteiger partial charge in [-0.2, -0.15) is 0 Å². The standard InChI is InChI=1S/C35H70NO8P/c1-5-32(4)24-20-16-12-9-10-13-17-21-25-34(37)41-29-33(30-43-45(39,40)42-28-27-36)44-35(38)26-22-18-14-8-6-7-11-15-19-23-31(2)3/h31-33H,5-30,36H2,1-4H3,(H,39,40)/t32-,33-/m1/s1. The monoisotopic (exact) mass is 663 g/mol. The summed E-state index contributed by atoms with van der Waals surface area (Å²) in [7, 11) is -4.57. The minimum Gasteiger partial charge on any atom is -0.756 e. The Hall–Kier alpha value is -0.990. The van der Waals surface area contributed by atoms with Crippen LogP contribution in [0.1, 0.15) is 169 Å². The third kappa shape index (κ3) is 31.4. The van der Waals surface area contributed by atoms with Gasteiger partial charge in [0.25, 0.3) is 7.82 Å². The zero-order valence-electron chi connectivity index (χ0n) is 29.5. The molecule has 0 aliphatic rings. The van der Waals surface area contributed by atoms with Crippen LogP contribution in [0.25, 0.3) is 0 Å². The molecule has 0 spiro atoms. The summed E-state index contributed by atoms with van der Waals surface area (Å²) in [6.45, 7) is 8.55. The Kier molecular flexibility index (Phi) is 29.7. The highest BCUT2D eigenvalue weighted by atomic mass is 31.2. The Labute approximate surface area is 276 Å². The van der Waals surface area contributed by atoms with E-state index in [0.717, 1.165) is 50.4 Å². The number of quaternary nitrogens is 1. The van der Waals surface area contributed by atoms with Crippen molar-refractivity contribution in [2.75, 3.05) is 26.4 Å². The first-order valence-electron chi connectivity index (χ1n) is 18.3. The molecule has 0 aliphatic carbocycles. The molecule has 3 atom stereocenters. The van der Waals surface area contributed by atoms with E-state index in [1.165, 1.54) is 83.5 Å². The lowest BCUT2D eigenvalue weighted by molar-refractivity contribution is -0.373. The van der Waals surface area contributed by atoms with Gasteiger partial charge in [-0.15, -0.1) is 0 Å². The topological polar surface area (TPSA) is 139 Å². The lowest BCUT2D eigenvalue weighted by Gasteiger charge is -2.25. The Morgan fingerprint density at radius 2 is 1.13 bits per heavy atom. The largest absolute Gasteiger partial charge is 0.756 e. The third-order valence-electron chi connectivity index (χ3n) is 8.23. The Morgan fingerprint density at radius 3 is 1.62 bits per heavy atom. The second-order valence-electron chi connectivity index (χ2n) is 13.2. The van der Waals surface area contributed by atoms with Crippen LogP contribution in [0, 0.1) is 11.8 Å². The average Bonchev–Trinajstić information content (AvgIpc) is 3.00.